The molecule has 122 valence electrons. The molecule has 3 nitrogen and oxygen atoms in total. The quantitative estimate of drug-likeness (QED) is 0.531. The van der Waals surface area contributed by atoms with E-state index in [9.17, 15) is 10.0 Å². The van der Waals surface area contributed by atoms with Gasteiger partial charge in [0, 0.05) is 18.3 Å². The van der Waals surface area contributed by atoms with E-state index in [0.717, 1.165) is 43.2 Å². The molecule has 0 aromatic carbocycles. The summed E-state index contributed by atoms with van der Waals surface area (Å²) in [5.41, 5.74) is 1.59. The fraction of sp³-hybridized carbons (Fsp3) is 0.895. The number of carbonyl (C=O) groups excluding carboxylic acids is 1. The molecule has 6 atom stereocenters. The van der Waals surface area contributed by atoms with Gasteiger partial charge in [-0.05, 0) is 74.0 Å². The van der Waals surface area contributed by atoms with Crippen LogP contribution in [0.5, 0.6) is 0 Å². The van der Waals surface area contributed by atoms with E-state index in [-0.39, 0.29) is 5.41 Å². The van der Waals surface area contributed by atoms with E-state index >= 15 is 0 Å². The van der Waals surface area contributed by atoms with Crippen LogP contribution in [0, 0.1) is 34.5 Å². The first-order valence-corrected chi connectivity index (χ1v) is 9.22. The topological polar surface area (TPSA) is 49.7 Å². The van der Waals surface area contributed by atoms with Gasteiger partial charge < -0.3 is 5.21 Å². The summed E-state index contributed by atoms with van der Waals surface area (Å²) >= 11 is 0. The average Bonchev–Trinajstić information content (AvgIpc) is 2.84. The molecule has 0 spiro atoms. The zero-order valence-corrected chi connectivity index (χ0v) is 14.0. The highest BCUT2D eigenvalue weighted by atomic mass is 16.4. The SMILES string of the molecule is C[C@]12CCC(=O)CC1CC[C@@H]1[C@@H]2CC[C@]2(C)/C(=N/O)CC[C@@H]12. The van der Waals surface area contributed by atoms with Crippen LogP contribution in [0.2, 0.25) is 0 Å². The molecule has 1 N–H and O–H groups in total. The molecule has 4 aliphatic carbocycles. The van der Waals surface area contributed by atoms with E-state index in [2.05, 4.69) is 19.0 Å². The van der Waals surface area contributed by atoms with Crippen molar-refractivity contribution < 1.29 is 10.0 Å². The molecule has 22 heavy (non-hydrogen) atoms. The van der Waals surface area contributed by atoms with E-state index in [1.165, 1.54) is 32.1 Å². The van der Waals surface area contributed by atoms with Gasteiger partial charge in [0.15, 0.2) is 0 Å². The molecule has 0 aromatic heterocycles. The van der Waals surface area contributed by atoms with E-state index in [4.69, 9.17) is 0 Å². The van der Waals surface area contributed by atoms with Gasteiger partial charge in [-0.2, -0.15) is 0 Å². The average molecular weight is 303 g/mol. The van der Waals surface area contributed by atoms with E-state index in [1.807, 2.05) is 0 Å². The van der Waals surface area contributed by atoms with Crippen LogP contribution in [0.25, 0.3) is 0 Å². The summed E-state index contributed by atoms with van der Waals surface area (Å²) in [7, 11) is 0. The summed E-state index contributed by atoms with van der Waals surface area (Å²) in [6, 6.07) is 0. The van der Waals surface area contributed by atoms with Crippen LogP contribution in [-0.4, -0.2) is 16.7 Å². The molecule has 4 fully saturated rings. The van der Waals surface area contributed by atoms with Crippen LogP contribution in [0.4, 0.5) is 0 Å². The van der Waals surface area contributed by atoms with Crippen molar-refractivity contribution in [2.24, 2.45) is 39.7 Å². The molecular weight excluding hydrogens is 274 g/mol. The molecule has 4 rings (SSSR count). The van der Waals surface area contributed by atoms with Crippen molar-refractivity contribution in [2.75, 3.05) is 0 Å². The maximum atomic E-state index is 11.9. The number of carbonyl (C=O) groups is 1. The van der Waals surface area contributed by atoms with Gasteiger partial charge >= 0.3 is 0 Å². The summed E-state index contributed by atoms with van der Waals surface area (Å²) in [5, 5.41) is 13.0. The molecule has 1 unspecified atom stereocenters. The zero-order valence-electron chi connectivity index (χ0n) is 14.0. The third kappa shape index (κ3) is 1.80. The van der Waals surface area contributed by atoms with Crippen LogP contribution in [-0.2, 0) is 4.79 Å². The minimum atomic E-state index is 0.142. The van der Waals surface area contributed by atoms with Crippen molar-refractivity contribution in [3.05, 3.63) is 0 Å². The Labute approximate surface area is 133 Å². The highest BCUT2D eigenvalue weighted by molar-refractivity contribution is 5.92. The van der Waals surface area contributed by atoms with Crippen LogP contribution in [0.1, 0.15) is 71.6 Å². The van der Waals surface area contributed by atoms with Crippen molar-refractivity contribution in [1.29, 1.82) is 0 Å². The largest absolute Gasteiger partial charge is 0.411 e. The number of rotatable bonds is 0. The molecule has 4 aliphatic rings. The Morgan fingerprint density at radius 3 is 2.64 bits per heavy atom. The molecule has 0 saturated heterocycles. The number of hydrogen-bond acceptors (Lipinski definition) is 3. The lowest BCUT2D eigenvalue weighted by Crippen LogP contribution is -2.53. The molecule has 0 aliphatic heterocycles. The Morgan fingerprint density at radius 2 is 1.86 bits per heavy atom. The third-order valence-corrected chi connectivity index (χ3v) is 8.34. The predicted octanol–water partition coefficient (Wildman–Crippen LogP) is 4.43. The lowest BCUT2D eigenvalue weighted by atomic mass is 9.45. The highest BCUT2D eigenvalue weighted by Gasteiger charge is 2.59. The van der Waals surface area contributed by atoms with Gasteiger partial charge in [-0.3, -0.25) is 4.79 Å². The number of fused-ring (bicyclic) bond motifs is 5. The molecule has 0 bridgehead atoms. The number of oxime groups is 1. The molecule has 3 heteroatoms. The molecular formula is C19H29NO2. The van der Waals surface area contributed by atoms with Crippen molar-refractivity contribution >= 4 is 11.5 Å². The van der Waals surface area contributed by atoms with Crippen molar-refractivity contribution in [3.8, 4) is 0 Å². The van der Waals surface area contributed by atoms with Crippen LogP contribution >= 0.6 is 0 Å². The van der Waals surface area contributed by atoms with E-state index in [1.54, 1.807) is 0 Å². The summed E-state index contributed by atoms with van der Waals surface area (Å²) < 4.78 is 0. The second-order valence-electron chi connectivity index (χ2n) is 8.94. The Bertz CT molecular complexity index is 528. The maximum Gasteiger partial charge on any atom is 0.133 e. The van der Waals surface area contributed by atoms with Gasteiger partial charge in [-0.25, -0.2) is 0 Å². The van der Waals surface area contributed by atoms with Gasteiger partial charge in [-0.1, -0.05) is 19.0 Å². The summed E-state index contributed by atoms with van der Waals surface area (Å²) in [6.07, 6.45) is 9.91. The number of nitrogens with zero attached hydrogens (tertiary/aromatic N) is 1. The monoisotopic (exact) mass is 303 g/mol. The fourth-order valence-electron chi connectivity index (χ4n) is 7.00. The van der Waals surface area contributed by atoms with Gasteiger partial charge in [-0.15, -0.1) is 0 Å². The minimum Gasteiger partial charge on any atom is -0.411 e. The van der Waals surface area contributed by atoms with Gasteiger partial charge in [0.2, 0.25) is 0 Å². The second-order valence-corrected chi connectivity index (χ2v) is 8.94. The lowest BCUT2D eigenvalue weighted by molar-refractivity contribution is -0.136. The molecule has 0 amide bonds. The first-order chi connectivity index (χ1) is 10.5. The van der Waals surface area contributed by atoms with Crippen molar-refractivity contribution in [2.45, 2.75) is 71.6 Å². The highest BCUT2D eigenvalue weighted by Crippen LogP contribution is 2.65. The standard InChI is InChI=1S/C19H29NO2/c1-18-9-7-13(21)11-12(18)3-4-14-15-5-6-17(20-22)19(15,2)10-8-16(14)18/h12,14-16,22H,3-11H2,1-2H3/b20-17+/t12?,14-,15-,16-,18-,19-/m0/s1. The van der Waals surface area contributed by atoms with Gasteiger partial charge in [0.25, 0.3) is 0 Å². The molecule has 0 heterocycles. The third-order valence-electron chi connectivity index (χ3n) is 8.34. The Balaban J connectivity index is 1.65. The van der Waals surface area contributed by atoms with E-state index in [0.29, 0.717) is 23.0 Å². The van der Waals surface area contributed by atoms with Crippen LogP contribution in [0.3, 0.4) is 0 Å². The fourth-order valence-corrected chi connectivity index (χ4v) is 7.00. The summed E-state index contributed by atoms with van der Waals surface area (Å²) in [4.78, 5) is 11.9. The Hall–Kier alpha value is -0.860. The normalized spacial score (nSPS) is 53.0. The summed E-state index contributed by atoms with van der Waals surface area (Å²) in [5.74, 6) is 3.40. The smallest absolute Gasteiger partial charge is 0.133 e. The number of hydrogen-bond donors (Lipinski definition) is 1. The minimum absolute atomic E-state index is 0.142. The lowest BCUT2D eigenvalue weighted by Gasteiger charge is -2.59. The van der Waals surface area contributed by atoms with Crippen molar-refractivity contribution in [3.63, 3.8) is 0 Å². The van der Waals surface area contributed by atoms with Crippen LogP contribution in [0.15, 0.2) is 5.16 Å². The Kier molecular flexibility index (Phi) is 3.22. The van der Waals surface area contributed by atoms with E-state index < -0.39 is 0 Å². The first-order valence-electron chi connectivity index (χ1n) is 9.22. The van der Waals surface area contributed by atoms with Gasteiger partial charge in [0.05, 0.1) is 5.71 Å². The van der Waals surface area contributed by atoms with Crippen molar-refractivity contribution in [1.82, 2.24) is 0 Å². The second kappa shape index (κ2) is 4.82. The molecule has 4 saturated carbocycles. The zero-order chi connectivity index (χ0) is 15.5. The molecule has 0 radical (unpaired) electrons. The Morgan fingerprint density at radius 1 is 1.05 bits per heavy atom. The number of Topliss-reactive ketones (excluding diaryl/α,β-unsaturated/α-hetero) is 1. The predicted molar refractivity (Wildman–Crippen MR) is 86.0 cm³/mol. The molecule has 0 aromatic rings. The van der Waals surface area contributed by atoms with Gasteiger partial charge in [0.1, 0.15) is 5.78 Å². The number of ketones is 1. The van der Waals surface area contributed by atoms with Crippen LogP contribution < -0.4 is 0 Å². The maximum absolute atomic E-state index is 11.9. The summed E-state index contributed by atoms with van der Waals surface area (Å²) in [6.45, 7) is 4.83. The first kappa shape index (κ1) is 14.7.